The molecule has 1 heterocycles. The topological polar surface area (TPSA) is 14.1 Å². The van der Waals surface area contributed by atoms with E-state index in [4.69, 9.17) is 0 Å². The van der Waals surface area contributed by atoms with Crippen molar-refractivity contribution in [1.29, 1.82) is 0 Å². The maximum atomic E-state index is 3.92. The third kappa shape index (κ3) is 0.660. The second kappa shape index (κ2) is 1.41. The third-order valence-electron chi connectivity index (χ3n) is 1.16. The molecule has 0 saturated carbocycles. The van der Waals surface area contributed by atoms with E-state index >= 15 is 0 Å². The highest BCUT2D eigenvalue weighted by Gasteiger charge is 1.78. The van der Waals surface area contributed by atoms with Gasteiger partial charge in [0.15, 0.2) is 0 Å². The predicted molar refractivity (Wildman–Crippen MR) is 29.2 cm³/mol. The zero-order chi connectivity index (χ0) is 5.28. The van der Waals surface area contributed by atoms with Gasteiger partial charge in [0.25, 0.3) is 0 Å². The first-order valence-corrected chi connectivity index (χ1v) is 2.34. The van der Waals surface area contributed by atoms with Crippen LogP contribution in [-0.4, -0.2) is 0 Å². The first kappa shape index (κ1) is 4.44. The molecule has 0 atom stereocenters. The second-order valence-electron chi connectivity index (χ2n) is 1.77. The largest absolute Gasteiger partial charge is 0.670 e. The second-order valence-corrected chi connectivity index (χ2v) is 1.77. The zero-order valence-electron chi connectivity index (χ0n) is 4.60. The molecule has 0 aromatic carbocycles. The molecule has 0 fully saturated rings. The molecule has 38 valence electrons. The van der Waals surface area contributed by atoms with Gasteiger partial charge in [-0.15, -0.1) is 0 Å². The van der Waals surface area contributed by atoms with E-state index in [-0.39, 0.29) is 0 Å². The molecule has 1 rings (SSSR count). The molecule has 1 heteroatoms. The number of aromatic nitrogens is 1. The van der Waals surface area contributed by atoms with Gasteiger partial charge < -0.3 is 4.98 Å². The van der Waals surface area contributed by atoms with Crippen LogP contribution in [0.5, 0.6) is 0 Å². The normalized spacial score (nSPS) is 9.43. The molecule has 0 aliphatic rings. The summed E-state index contributed by atoms with van der Waals surface area (Å²) < 4.78 is 0. The van der Waals surface area contributed by atoms with E-state index in [0.717, 1.165) is 0 Å². The van der Waals surface area contributed by atoms with Crippen LogP contribution in [0.2, 0.25) is 0 Å². The number of hydrogen-bond donors (Lipinski definition) is 0. The smallest absolute Gasteiger partial charge is 0.0414 e. The van der Waals surface area contributed by atoms with Crippen molar-refractivity contribution < 1.29 is 0 Å². The van der Waals surface area contributed by atoms with Crippen molar-refractivity contribution >= 4 is 0 Å². The van der Waals surface area contributed by atoms with Crippen molar-refractivity contribution in [1.82, 2.24) is 4.98 Å². The fraction of sp³-hybridized carbons (Fsp3) is 0.333. The SMILES string of the molecule is Cc1c[n-]cc1C. The highest BCUT2D eigenvalue weighted by molar-refractivity contribution is 5.18. The lowest BCUT2D eigenvalue weighted by Gasteiger charge is -1.84. The minimum atomic E-state index is 1.28. The molecule has 0 bridgehead atoms. The van der Waals surface area contributed by atoms with Crippen LogP contribution in [0.15, 0.2) is 12.4 Å². The molecule has 7 heavy (non-hydrogen) atoms. The van der Waals surface area contributed by atoms with Crippen molar-refractivity contribution in [3.05, 3.63) is 23.5 Å². The summed E-state index contributed by atoms with van der Waals surface area (Å²) in [5, 5.41) is 0. The van der Waals surface area contributed by atoms with Gasteiger partial charge in [-0.2, -0.15) is 12.4 Å². The number of aryl methyl sites for hydroxylation is 2. The lowest BCUT2D eigenvalue weighted by Crippen LogP contribution is -1.63. The van der Waals surface area contributed by atoms with Gasteiger partial charge in [0.2, 0.25) is 0 Å². The highest BCUT2D eigenvalue weighted by Crippen LogP contribution is 1.99. The molecule has 0 N–H and O–H groups in total. The van der Waals surface area contributed by atoms with Crippen LogP contribution in [0.4, 0.5) is 0 Å². The summed E-state index contributed by atoms with van der Waals surface area (Å²) in [6.07, 6.45) is 3.74. The summed E-state index contributed by atoms with van der Waals surface area (Å²) in [6, 6.07) is 0. The van der Waals surface area contributed by atoms with Crippen LogP contribution >= 0.6 is 0 Å². The van der Waals surface area contributed by atoms with Crippen LogP contribution in [-0.2, 0) is 0 Å². The molecule has 1 aromatic rings. The van der Waals surface area contributed by atoms with E-state index in [2.05, 4.69) is 18.8 Å². The fourth-order valence-corrected chi connectivity index (χ4v) is 0.465. The molecule has 0 spiro atoms. The Morgan fingerprint density at radius 2 is 1.57 bits per heavy atom. The summed E-state index contributed by atoms with van der Waals surface area (Å²) in [5.74, 6) is 0. The third-order valence-corrected chi connectivity index (χ3v) is 1.16. The molecule has 1 nitrogen and oxygen atoms in total. The van der Waals surface area contributed by atoms with Crippen LogP contribution < -0.4 is 4.98 Å². The van der Waals surface area contributed by atoms with Gasteiger partial charge in [-0.3, -0.25) is 0 Å². The molecule has 0 saturated heterocycles. The molecule has 0 aliphatic heterocycles. The summed E-state index contributed by atoms with van der Waals surface area (Å²) in [7, 11) is 0. The quantitative estimate of drug-likeness (QED) is 0.472. The Hall–Kier alpha value is -0.720. The number of rotatable bonds is 0. The Morgan fingerprint density at radius 1 is 1.14 bits per heavy atom. The Labute approximate surface area is 43.4 Å². The van der Waals surface area contributed by atoms with E-state index in [1.807, 2.05) is 12.4 Å². The van der Waals surface area contributed by atoms with Gasteiger partial charge in [-0.05, 0) is 13.8 Å². The van der Waals surface area contributed by atoms with E-state index in [1.54, 1.807) is 0 Å². The lowest BCUT2D eigenvalue weighted by molar-refractivity contribution is 1.34. The monoisotopic (exact) mass is 94.1 g/mol. The van der Waals surface area contributed by atoms with Gasteiger partial charge in [0, 0.05) is 0 Å². The molecular weight excluding hydrogens is 86.1 g/mol. The maximum absolute atomic E-state index is 3.92. The number of nitrogens with zero attached hydrogens (tertiary/aromatic N) is 1. The van der Waals surface area contributed by atoms with E-state index in [9.17, 15) is 0 Å². The van der Waals surface area contributed by atoms with Crippen LogP contribution in [0, 0.1) is 13.8 Å². The van der Waals surface area contributed by atoms with Crippen LogP contribution in [0.1, 0.15) is 11.1 Å². The van der Waals surface area contributed by atoms with E-state index in [1.165, 1.54) is 11.1 Å². The Kier molecular flexibility index (Phi) is 0.895. The average molecular weight is 94.1 g/mol. The highest BCUT2D eigenvalue weighted by atomic mass is 14.6. The van der Waals surface area contributed by atoms with Gasteiger partial charge in [-0.25, -0.2) is 0 Å². The Morgan fingerprint density at radius 3 is 1.71 bits per heavy atom. The zero-order valence-corrected chi connectivity index (χ0v) is 4.60. The first-order valence-electron chi connectivity index (χ1n) is 2.34. The minimum Gasteiger partial charge on any atom is -0.670 e. The summed E-state index contributed by atoms with van der Waals surface area (Å²) in [6.45, 7) is 4.12. The van der Waals surface area contributed by atoms with Crippen molar-refractivity contribution in [2.24, 2.45) is 0 Å². The number of hydrogen-bond acceptors (Lipinski definition) is 0. The maximum Gasteiger partial charge on any atom is -0.0414 e. The average Bonchev–Trinajstić information content (AvgIpc) is 1.91. The lowest BCUT2D eigenvalue weighted by atomic mass is 10.2. The fourth-order valence-electron chi connectivity index (χ4n) is 0.465. The van der Waals surface area contributed by atoms with Crippen molar-refractivity contribution in [3.8, 4) is 0 Å². The predicted octanol–water partition coefficient (Wildman–Crippen LogP) is 1.26. The molecule has 1 aromatic heterocycles. The molecule has 0 radical (unpaired) electrons. The van der Waals surface area contributed by atoms with Crippen molar-refractivity contribution in [3.63, 3.8) is 0 Å². The minimum absolute atomic E-state index is 1.28. The molecule has 0 aliphatic carbocycles. The molecular formula is C6H8N-. The molecule has 0 unspecified atom stereocenters. The van der Waals surface area contributed by atoms with Crippen LogP contribution in [0.3, 0.4) is 0 Å². The van der Waals surface area contributed by atoms with Crippen molar-refractivity contribution in [2.75, 3.05) is 0 Å². The Bertz CT molecular complexity index is 136. The van der Waals surface area contributed by atoms with Crippen LogP contribution in [0.25, 0.3) is 0 Å². The van der Waals surface area contributed by atoms with Gasteiger partial charge >= 0.3 is 0 Å². The molecule has 0 amide bonds. The van der Waals surface area contributed by atoms with E-state index in [0.29, 0.717) is 0 Å². The summed E-state index contributed by atoms with van der Waals surface area (Å²) >= 11 is 0. The first-order chi connectivity index (χ1) is 3.30. The Balaban J connectivity index is 3.12. The summed E-state index contributed by atoms with van der Waals surface area (Å²) in [4.78, 5) is 3.92. The van der Waals surface area contributed by atoms with Gasteiger partial charge in [-0.1, -0.05) is 11.1 Å². The van der Waals surface area contributed by atoms with E-state index < -0.39 is 0 Å². The van der Waals surface area contributed by atoms with Gasteiger partial charge in [0.05, 0.1) is 0 Å². The van der Waals surface area contributed by atoms with Gasteiger partial charge in [0.1, 0.15) is 0 Å². The summed E-state index contributed by atoms with van der Waals surface area (Å²) in [5.41, 5.74) is 2.56. The standard InChI is InChI=1S/C6H8N/c1-5-3-7-4-6(5)2/h3-4H,1-2H3/q-1. The van der Waals surface area contributed by atoms with Crippen molar-refractivity contribution in [2.45, 2.75) is 13.8 Å².